The van der Waals surface area contributed by atoms with Crippen LogP contribution >= 0.6 is 0 Å². The van der Waals surface area contributed by atoms with Crippen molar-refractivity contribution in [3.63, 3.8) is 0 Å². The zero-order valence-electron chi connectivity index (χ0n) is 8.87. The van der Waals surface area contributed by atoms with Crippen molar-refractivity contribution in [2.75, 3.05) is 0 Å². The van der Waals surface area contributed by atoms with Gasteiger partial charge in [0.2, 0.25) is 0 Å². The van der Waals surface area contributed by atoms with Gasteiger partial charge in [-0.2, -0.15) is 0 Å². The first-order valence-corrected chi connectivity index (χ1v) is 4.89. The summed E-state index contributed by atoms with van der Waals surface area (Å²) in [6.07, 6.45) is 0.341. The smallest absolute Gasteiger partial charge is 0.406 e. The summed E-state index contributed by atoms with van der Waals surface area (Å²) in [5, 5.41) is 9.62. The minimum absolute atomic E-state index is 0.314. The number of hydrogen-bond donors (Lipinski definition) is 1. The van der Waals surface area contributed by atoms with Crippen LogP contribution in [-0.2, 0) is 0 Å². The summed E-state index contributed by atoms with van der Waals surface area (Å²) in [4.78, 5) is 0. The quantitative estimate of drug-likeness (QED) is 0.825. The molecule has 0 aliphatic carbocycles. The molecule has 5 heteroatoms. The van der Waals surface area contributed by atoms with Crippen LogP contribution in [0, 0.1) is 12.3 Å². The maximum absolute atomic E-state index is 11.9. The Bertz CT molecular complexity index is 390. The highest BCUT2D eigenvalue weighted by Crippen LogP contribution is 2.25. The van der Waals surface area contributed by atoms with E-state index in [4.69, 9.17) is 6.42 Å². The Balaban J connectivity index is 2.65. The molecule has 0 amide bonds. The van der Waals surface area contributed by atoms with Crippen LogP contribution in [0.5, 0.6) is 5.75 Å². The number of benzene rings is 1. The predicted octanol–water partition coefficient (Wildman–Crippen LogP) is 3.03. The van der Waals surface area contributed by atoms with E-state index in [1.54, 1.807) is 0 Å². The van der Waals surface area contributed by atoms with Crippen molar-refractivity contribution in [3.05, 3.63) is 29.8 Å². The van der Waals surface area contributed by atoms with E-state index < -0.39 is 12.5 Å². The lowest BCUT2D eigenvalue weighted by Gasteiger charge is -2.11. The molecule has 92 valence electrons. The van der Waals surface area contributed by atoms with E-state index in [1.807, 2.05) is 0 Å². The first-order chi connectivity index (χ1) is 7.92. The lowest BCUT2D eigenvalue weighted by Crippen LogP contribution is -2.17. The Morgan fingerprint density at radius 3 is 2.35 bits per heavy atom. The molecule has 0 saturated carbocycles. The van der Waals surface area contributed by atoms with E-state index in [0.29, 0.717) is 18.4 Å². The average molecular weight is 244 g/mol. The highest BCUT2D eigenvalue weighted by Gasteiger charge is 2.30. The van der Waals surface area contributed by atoms with Crippen LogP contribution in [0.4, 0.5) is 13.2 Å². The van der Waals surface area contributed by atoms with Gasteiger partial charge in [0.25, 0.3) is 0 Å². The zero-order valence-corrected chi connectivity index (χ0v) is 8.87. The third-order valence-electron chi connectivity index (χ3n) is 2.06. The normalized spacial score (nSPS) is 12.9. The van der Waals surface area contributed by atoms with Gasteiger partial charge in [-0.3, -0.25) is 0 Å². The van der Waals surface area contributed by atoms with Crippen molar-refractivity contribution in [3.8, 4) is 18.1 Å². The lowest BCUT2D eigenvalue weighted by molar-refractivity contribution is -0.274. The summed E-state index contributed by atoms with van der Waals surface area (Å²) in [5.74, 6) is 2.06. The number of alkyl halides is 3. The Morgan fingerprint density at radius 2 is 1.88 bits per heavy atom. The molecule has 0 saturated heterocycles. The van der Waals surface area contributed by atoms with Gasteiger partial charge in [0, 0.05) is 6.42 Å². The van der Waals surface area contributed by atoms with Gasteiger partial charge in [0.05, 0.1) is 6.10 Å². The Labute approximate surface area is 97.0 Å². The van der Waals surface area contributed by atoms with Gasteiger partial charge < -0.3 is 9.84 Å². The molecular formula is C12H11F3O2. The second kappa shape index (κ2) is 5.60. The van der Waals surface area contributed by atoms with E-state index in [9.17, 15) is 18.3 Å². The number of terminal acetylenes is 1. The fourth-order valence-corrected chi connectivity index (χ4v) is 1.28. The van der Waals surface area contributed by atoms with Gasteiger partial charge in [-0.05, 0) is 24.1 Å². The van der Waals surface area contributed by atoms with Crippen molar-refractivity contribution in [1.29, 1.82) is 0 Å². The van der Waals surface area contributed by atoms with Crippen molar-refractivity contribution >= 4 is 0 Å². The molecule has 1 unspecified atom stereocenters. The second-order valence-corrected chi connectivity index (χ2v) is 3.38. The Hall–Kier alpha value is -1.67. The van der Waals surface area contributed by atoms with E-state index in [-0.39, 0.29) is 5.75 Å². The first-order valence-electron chi connectivity index (χ1n) is 4.89. The Morgan fingerprint density at radius 1 is 1.29 bits per heavy atom. The van der Waals surface area contributed by atoms with Crippen LogP contribution in [0.3, 0.4) is 0 Å². The van der Waals surface area contributed by atoms with Crippen molar-refractivity contribution in [2.45, 2.75) is 25.3 Å². The van der Waals surface area contributed by atoms with E-state index in [2.05, 4.69) is 10.7 Å². The molecule has 0 aliphatic heterocycles. The molecular weight excluding hydrogens is 233 g/mol. The average Bonchev–Trinajstić information content (AvgIpc) is 2.24. The summed E-state index contributed by atoms with van der Waals surface area (Å²) in [6, 6.07) is 5.06. The van der Waals surface area contributed by atoms with Crippen LogP contribution in [0.2, 0.25) is 0 Å². The van der Waals surface area contributed by atoms with Gasteiger partial charge in [-0.15, -0.1) is 25.5 Å². The topological polar surface area (TPSA) is 29.5 Å². The minimum atomic E-state index is -4.70. The monoisotopic (exact) mass is 244 g/mol. The van der Waals surface area contributed by atoms with Crippen LogP contribution in [0.1, 0.15) is 24.5 Å². The van der Waals surface area contributed by atoms with Crippen LogP contribution in [0.15, 0.2) is 24.3 Å². The standard InChI is InChI=1S/C12H11F3O2/c1-2-3-4-11(16)9-5-7-10(8-6-9)17-12(13,14)15/h1,5-8,11,16H,3-4H2. The summed E-state index contributed by atoms with van der Waals surface area (Å²) >= 11 is 0. The molecule has 17 heavy (non-hydrogen) atoms. The summed E-state index contributed by atoms with van der Waals surface area (Å²) in [7, 11) is 0. The summed E-state index contributed by atoms with van der Waals surface area (Å²) in [6.45, 7) is 0. The molecule has 0 aliphatic rings. The van der Waals surface area contributed by atoms with Crippen LogP contribution < -0.4 is 4.74 Å². The minimum Gasteiger partial charge on any atom is -0.406 e. The summed E-state index contributed by atoms with van der Waals surface area (Å²) in [5.41, 5.74) is 0.509. The molecule has 1 aromatic carbocycles. The molecule has 1 atom stereocenters. The second-order valence-electron chi connectivity index (χ2n) is 3.38. The van der Waals surface area contributed by atoms with Gasteiger partial charge in [0.15, 0.2) is 0 Å². The van der Waals surface area contributed by atoms with Gasteiger partial charge >= 0.3 is 6.36 Å². The van der Waals surface area contributed by atoms with Crippen LogP contribution in [-0.4, -0.2) is 11.5 Å². The fourth-order valence-electron chi connectivity index (χ4n) is 1.28. The molecule has 0 fully saturated rings. The highest BCUT2D eigenvalue weighted by atomic mass is 19.4. The molecule has 0 aromatic heterocycles. The van der Waals surface area contributed by atoms with Crippen molar-refractivity contribution in [2.24, 2.45) is 0 Å². The van der Waals surface area contributed by atoms with E-state index in [0.717, 1.165) is 12.1 Å². The van der Waals surface area contributed by atoms with E-state index >= 15 is 0 Å². The maximum Gasteiger partial charge on any atom is 0.573 e. The summed E-state index contributed by atoms with van der Waals surface area (Å²) < 4.78 is 39.3. The molecule has 0 spiro atoms. The molecule has 0 bridgehead atoms. The largest absolute Gasteiger partial charge is 0.573 e. The number of rotatable bonds is 4. The van der Waals surface area contributed by atoms with Crippen molar-refractivity contribution in [1.82, 2.24) is 0 Å². The fraction of sp³-hybridized carbons (Fsp3) is 0.333. The molecule has 1 rings (SSSR count). The number of aliphatic hydroxyl groups is 1. The molecule has 2 nitrogen and oxygen atoms in total. The molecule has 0 radical (unpaired) electrons. The van der Waals surface area contributed by atoms with Crippen LogP contribution in [0.25, 0.3) is 0 Å². The van der Waals surface area contributed by atoms with E-state index in [1.165, 1.54) is 12.1 Å². The number of ether oxygens (including phenoxy) is 1. The highest BCUT2D eigenvalue weighted by molar-refractivity contribution is 5.28. The first kappa shape index (κ1) is 13.4. The Kier molecular flexibility index (Phi) is 4.41. The third kappa shape index (κ3) is 4.79. The SMILES string of the molecule is C#CCCC(O)c1ccc(OC(F)(F)F)cc1. The molecule has 0 heterocycles. The lowest BCUT2D eigenvalue weighted by atomic mass is 10.1. The number of aliphatic hydroxyl groups excluding tert-OH is 1. The maximum atomic E-state index is 11.9. The number of halogens is 3. The number of hydrogen-bond acceptors (Lipinski definition) is 2. The third-order valence-corrected chi connectivity index (χ3v) is 2.06. The predicted molar refractivity (Wildman–Crippen MR) is 56.2 cm³/mol. The van der Waals surface area contributed by atoms with Crippen molar-refractivity contribution < 1.29 is 23.0 Å². The van der Waals surface area contributed by atoms with Gasteiger partial charge in [-0.1, -0.05) is 12.1 Å². The molecule has 1 N–H and O–H groups in total. The molecule has 1 aromatic rings. The van der Waals surface area contributed by atoms with Gasteiger partial charge in [-0.25, -0.2) is 0 Å². The zero-order chi connectivity index (χ0) is 12.9. The van der Waals surface area contributed by atoms with Gasteiger partial charge in [0.1, 0.15) is 5.75 Å².